The number of aromatic nitrogens is 2. The first-order valence-corrected chi connectivity index (χ1v) is 9.68. The predicted molar refractivity (Wildman–Crippen MR) is 107 cm³/mol. The zero-order valence-corrected chi connectivity index (χ0v) is 16.7. The van der Waals surface area contributed by atoms with Gasteiger partial charge in [-0.25, -0.2) is 9.37 Å². The third-order valence-corrected chi connectivity index (χ3v) is 5.17. The molecule has 0 unspecified atom stereocenters. The molecule has 6 nitrogen and oxygen atoms in total. The second kappa shape index (κ2) is 8.35. The van der Waals surface area contributed by atoms with Gasteiger partial charge in [0.1, 0.15) is 5.82 Å². The number of halogens is 1. The van der Waals surface area contributed by atoms with Crippen LogP contribution in [0.5, 0.6) is 0 Å². The van der Waals surface area contributed by atoms with Gasteiger partial charge < -0.3 is 10.6 Å². The molecule has 0 aliphatic heterocycles. The van der Waals surface area contributed by atoms with E-state index in [-0.39, 0.29) is 30.5 Å². The van der Waals surface area contributed by atoms with Crippen LogP contribution in [0.2, 0.25) is 0 Å². The summed E-state index contributed by atoms with van der Waals surface area (Å²) >= 11 is 1.50. The predicted octanol–water partition coefficient (Wildman–Crippen LogP) is 3.16. The maximum absolute atomic E-state index is 13.6. The van der Waals surface area contributed by atoms with Gasteiger partial charge >= 0.3 is 0 Å². The average molecular weight is 400 g/mol. The molecule has 0 bridgehead atoms. The van der Waals surface area contributed by atoms with Crippen LogP contribution in [0.15, 0.2) is 35.8 Å². The van der Waals surface area contributed by atoms with Crippen LogP contribution in [-0.2, 0) is 0 Å². The molecular weight excluding hydrogens is 379 g/mol. The Kier molecular flexibility index (Phi) is 5.89. The van der Waals surface area contributed by atoms with Gasteiger partial charge in [0.15, 0.2) is 5.13 Å². The molecular formula is C20H21FN4O2S. The van der Waals surface area contributed by atoms with Crippen LogP contribution >= 0.6 is 11.3 Å². The standard InChI is InChI=1S/C20H21FN4O2S/c1-12-4-5-15(11-17(12)21)18(26)22-6-7-23-19(27)16-10-13(2)25(14(16)3)20-24-8-9-28-20/h4-5,8-11H,6-7H2,1-3H3,(H,22,26)(H,23,27). The lowest BCUT2D eigenvalue weighted by atomic mass is 10.1. The third-order valence-electron chi connectivity index (χ3n) is 4.42. The van der Waals surface area contributed by atoms with Crippen LogP contribution in [0.4, 0.5) is 4.39 Å². The van der Waals surface area contributed by atoms with Crippen LogP contribution in [0.3, 0.4) is 0 Å². The van der Waals surface area contributed by atoms with Crippen LogP contribution in [0.1, 0.15) is 37.7 Å². The van der Waals surface area contributed by atoms with Crippen LogP contribution in [-0.4, -0.2) is 34.5 Å². The topological polar surface area (TPSA) is 76.0 Å². The highest BCUT2D eigenvalue weighted by Crippen LogP contribution is 2.22. The number of hydrogen-bond donors (Lipinski definition) is 2. The number of amides is 2. The molecule has 2 aromatic heterocycles. The molecule has 0 spiro atoms. The summed E-state index contributed by atoms with van der Waals surface area (Å²) < 4.78 is 15.5. The molecule has 0 aliphatic rings. The Bertz CT molecular complexity index is 1010. The SMILES string of the molecule is Cc1ccc(C(=O)NCCNC(=O)c2cc(C)n(-c3nccs3)c2C)cc1F. The first kappa shape index (κ1) is 19.8. The molecule has 0 atom stereocenters. The summed E-state index contributed by atoms with van der Waals surface area (Å²) in [6, 6.07) is 6.15. The second-order valence-corrected chi connectivity index (χ2v) is 7.28. The summed E-state index contributed by atoms with van der Waals surface area (Å²) in [5, 5.41) is 8.16. The third kappa shape index (κ3) is 4.12. The van der Waals surface area contributed by atoms with Crippen molar-refractivity contribution in [2.75, 3.05) is 13.1 Å². The van der Waals surface area contributed by atoms with Crippen LogP contribution in [0.25, 0.3) is 5.13 Å². The first-order chi connectivity index (χ1) is 13.4. The van der Waals surface area contributed by atoms with Gasteiger partial charge in [0, 0.05) is 41.6 Å². The Hall–Kier alpha value is -3.00. The molecule has 2 N–H and O–H groups in total. The molecule has 28 heavy (non-hydrogen) atoms. The average Bonchev–Trinajstić information content (AvgIpc) is 3.28. The zero-order valence-electron chi connectivity index (χ0n) is 15.9. The second-order valence-electron chi connectivity index (χ2n) is 6.41. The molecule has 3 aromatic rings. The summed E-state index contributed by atoms with van der Waals surface area (Å²) in [5.41, 5.74) is 3.04. The fourth-order valence-electron chi connectivity index (χ4n) is 2.90. The molecule has 0 radical (unpaired) electrons. The number of aryl methyl sites for hydroxylation is 2. The molecule has 146 valence electrons. The lowest BCUT2D eigenvalue weighted by Crippen LogP contribution is -2.34. The minimum absolute atomic E-state index is 0.216. The van der Waals surface area contributed by atoms with Crippen molar-refractivity contribution in [3.8, 4) is 5.13 Å². The van der Waals surface area contributed by atoms with E-state index in [1.807, 2.05) is 29.9 Å². The van der Waals surface area contributed by atoms with Gasteiger partial charge in [-0.2, -0.15) is 0 Å². The quantitative estimate of drug-likeness (QED) is 0.624. The summed E-state index contributed by atoms with van der Waals surface area (Å²) in [6.07, 6.45) is 1.72. The van der Waals surface area contributed by atoms with Crippen molar-refractivity contribution in [3.05, 3.63) is 69.7 Å². The number of nitrogens with zero attached hydrogens (tertiary/aromatic N) is 2. The number of carbonyl (C=O) groups is 2. The van der Waals surface area contributed by atoms with E-state index in [4.69, 9.17) is 0 Å². The fourth-order valence-corrected chi connectivity index (χ4v) is 3.65. The molecule has 2 heterocycles. The molecule has 0 fully saturated rings. The fraction of sp³-hybridized carbons (Fsp3) is 0.250. The molecule has 1 aromatic carbocycles. The molecule has 8 heteroatoms. The number of rotatable bonds is 6. The van der Waals surface area contributed by atoms with Gasteiger partial charge in [0.25, 0.3) is 11.8 Å². The van der Waals surface area contributed by atoms with Gasteiger partial charge in [-0.3, -0.25) is 14.2 Å². The van der Waals surface area contributed by atoms with Crippen molar-refractivity contribution < 1.29 is 14.0 Å². The number of benzene rings is 1. The maximum Gasteiger partial charge on any atom is 0.253 e. The number of hydrogen-bond acceptors (Lipinski definition) is 4. The van der Waals surface area contributed by atoms with E-state index in [9.17, 15) is 14.0 Å². The van der Waals surface area contributed by atoms with E-state index < -0.39 is 5.82 Å². The normalized spacial score (nSPS) is 10.7. The minimum Gasteiger partial charge on any atom is -0.350 e. The van der Waals surface area contributed by atoms with E-state index in [2.05, 4.69) is 15.6 Å². The Morgan fingerprint density at radius 1 is 1.11 bits per heavy atom. The van der Waals surface area contributed by atoms with Gasteiger partial charge in [-0.05, 0) is 44.5 Å². The zero-order chi connectivity index (χ0) is 20.3. The van der Waals surface area contributed by atoms with Crippen molar-refractivity contribution in [1.82, 2.24) is 20.2 Å². The van der Waals surface area contributed by atoms with Gasteiger partial charge in [-0.15, -0.1) is 11.3 Å². The summed E-state index contributed by atoms with van der Waals surface area (Å²) in [5.74, 6) is -1.02. The monoisotopic (exact) mass is 400 g/mol. The lowest BCUT2D eigenvalue weighted by molar-refractivity contribution is 0.0927. The Balaban J connectivity index is 1.56. The molecule has 3 rings (SSSR count). The smallest absolute Gasteiger partial charge is 0.253 e. The highest BCUT2D eigenvalue weighted by molar-refractivity contribution is 7.12. The van der Waals surface area contributed by atoms with Gasteiger partial charge in [0.05, 0.1) is 5.56 Å². The summed E-state index contributed by atoms with van der Waals surface area (Å²) in [6.45, 7) is 5.94. The Labute approximate surface area is 166 Å². The van der Waals surface area contributed by atoms with E-state index >= 15 is 0 Å². The van der Waals surface area contributed by atoms with E-state index in [0.29, 0.717) is 11.1 Å². The van der Waals surface area contributed by atoms with E-state index in [0.717, 1.165) is 16.5 Å². The van der Waals surface area contributed by atoms with Crippen molar-refractivity contribution in [2.24, 2.45) is 0 Å². The molecule has 0 saturated carbocycles. The molecule has 0 saturated heterocycles. The van der Waals surface area contributed by atoms with E-state index in [1.165, 1.54) is 17.4 Å². The summed E-state index contributed by atoms with van der Waals surface area (Å²) in [4.78, 5) is 28.8. The maximum atomic E-state index is 13.6. The van der Waals surface area contributed by atoms with Crippen LogP contribution in [0, 0.1) is 26.6 Å². The largest absolute Gasteiger partial charge is 0.350 e. The highest BCUT2D eigenvalue weighted by Gasteiger charge is 2.17. The van der Waals surface area contributed by atoms with E-state index in [1.54, 1.807) is 25.3 Å². The lowest BCUT2D eigenvalue weighted by Gasteiger charge is -2.08. The van der Waals surface area contributed by atoms with Crippen molar-refractivity contribution in [3.63, 3.8) is 0 Å². The minimum atomic E-state index is -0.420. The first-order valence-electron chi connectivity index (χ1n) is 8.80. The van der Waals surface area contributed by atoms with Crippen LogP contribution < -0.4 is 10.6 Å². The Morgan fingerprint density at radius 2 is 1.82 bits per heavy atom. The van der Waals surface area contributed by atoms with Crippen molar-refractivity contribution in [2.45, 2.75) is 20.8 Å². The number of thiazole rings is 1. The number of carbonyl (C=O) groups excluding carboxylic acids is 2. The Morgan fingerprint density at radius 3 is 2.46 bits per heavy atom. The van der Waals surface area contributed by atoms with Crippen molar-refractivity contribution in [1.29, 1.82) is 0 Å². The van der Waals surface area contributed by atoms with Gasteiger partial charge in [0.2, 0.25) is 0 Å². The van der Waals surface area contributed by atoms with Gasteiger partial charge in [-0.1, -0.05) is 6.07 Å². The highest BCUT2D eigenvalue weighted by atomic mass is 32.1. The molecule has 2 amide bonds. The van der Waals surface area contributed by atoms with Crippen molar-refractivity contribution >= 4 is 23.2 Å². The summed E-state index contributed by atoms with van der Waals surface area (Å²) in [7, 11) is 0. The number of nitrogens with one attached hydrogen (secondary N) is 2. The molecule has 0 aliphatic carbocycles.